The SMILES string of the molecule is CC[NH+](CC(=O)Nc1cccc(F)c1)Cc1cccs1. The topological polar surface area (TPSA) is 33.5 Å². The van der Waals surface area contributed by atoms with Crippen LogP contribution in [0.1, 0.15) is 11.8 Å². The molecule has 0 aliphatic rings. The molecule has 0 aliphatic heterocycles. The molecule has 2 rings (SSSR count). The van der Waals surface area contributed by atoms with Gasteiger partial charge < -0.3 is 10.2 Å². The molecule has 0 bridgehead atoms. The lowest BCUT2D eigenvalue weighted by molar-refractivity contribution is -0.903. The van der Waals surface area contributed by atoms with Crippen LogP contribution in [0.25, 0.3) is 0 Å². The molecule has 1 amide bonds. The minimum Gasteiger partial charge on any atom is -0.323 e. The van der Waals surface area contributed by atoms with E-state index in [1.54, 1.807) is 23.5 Å². The molecule has 0 fully saturated rings. The fourth-order valence-corrected chi connectivity index (χ4v) is 2.75. The molecule has 0 saturated carbocycles. The molecular formula is C15H18FN2OS+. The van der Waals surface area contributed by atoms with Crippen molar-refractivity contribution in [3.63, 3.8) is 0 Å². The molecule has 1 unspecified atom stereocenters. The van der Waals surface area contributed by atoms with Gasteiger partial charge in [-0.15, -0.1) is 11.3 Å². The number of quaternary nitrogens is 1. The maximum atomic E-state index is 13.0. The van der Waals surface area contributed by atoms with Crippen LogP contribution in [0.2, 0.25) is 0 Å². The third-order valence-corrected chi connectivity index (χ3v) is 3.90. The van der Waals surface area contributed by atoms with E-state index in [9.17, 15) is 9.18 Å². The Morgan fingerprint density at radius 1 is 1.35 bits per heavy atom. The van der Waals surface area contributed by atoms with Gasteiger partial charge in [0.1, 0.15) is 12.4 Å². The van der Waals surface area contributed by atoms with Crippen LogP contribution in [-0.2, 0) is 11.3 Å². The number of likely N-dealkylation sites (N-methyl/N-ethyl adjacent to an activating group) is 1. The monoisotopic (exact) mass is 293 g/mol. The quantitative estimate of drug-likeness (QED) is 0.838. The first-order chi connectivity index (χ1) is 9.67. The zero-order valence-corrected chi connectivity index (χ0v) is 12.2. The van der Waals surface area contributed by atoms with Gasteiger partial charge in [-0.05, 0) is 36.6 Å². The highest BCUT2D eigenvalue weighted by atomic mass is 32.1. The molecule has 1 aromatic carbocycles. The fraction of sp³-hybridized carbons (Fsp3) is 0.267. The highest BCUT2D eigenvalue weighted by Gasteiger charge is 2.14. The first kappa shape index (κ1) is 14.7. The number of halogens is 1. The van der Waals surface area contributed by atoms with Gasteiger partial charge in [0.2, 0.25) is 0 Å². The van der Waals surface area contributed by atoms with E-state index in [-0.39, 0.29) is 11.7 Å². The van der Waals surface area contributed by atoms with Gasteiger partial charge in [-0.1, -0.05) is 12.1 Å². The smallest absolute Gasteiger partial charge is 0.279 e. The first-order valence-electron chi connectivity index (χ1n) is 6.58. The van der Waals surface area contributed by atoms with E-state index >= 15 is 0 Å². The maximum Gasteiger partial charge on any atom is 0.279 e. The molecule has 3 nitrogen and oxygen atoms in total. The number of hydrogen-bond donors (Lipinski definition) is 2. The zero-order valence-electron chi connectivity index (χ0n) is 11.4. The van der Waals surface area contributed by atoms with Crippen LogP contribution in [0.3, 0.4) is 0 Å². The van der Waals surface area contributed by atoms with E-state index in [0.717, 1.165) is 13.1 Å². The van der Waals surface area contributed by atoms with E-state index in [2.05, 4.69) is 18.3 Å². The Morgan fingerprint density at radius 3 is 2.85 bits per heavy atom. The van der Waals surface area contributed by atoms with Crippen molar-refractivity contribution >= 4 is 22.9 Å². The van der Waals surface area contributed by atoms with Crippen molar-refractivity contribution in [1.82, 2.24) is 0 Å². The number of thiophene rings is 1. The fourth-order valence-electron chi connectivity index (χ4n) is 1.97. The summed E-state index contributed by atoms with van der Waals surface area (Å²) in [5, 5.41) is 4.77. The van der Waals surface area contributed by atoms with Gasteiger partial charge in [0, 0.05) is 5.69 Å². The van der Waals surface area contributed by atoms with Crippen molar-refractivity contribution in [1.29, 1.82) is 0 Å². The van der Waals surface area contributed by atoms with Crippen LogP contribution < -0.4 is 10.2 Å². The second-order valence-electron chi connectivity index (χ2n) is 4.59. The lowest BCUT2D eigenvalue weighted by Gasteiger charge is -2.16. The molecule has 2 aromatic rings. The Labute approximate surface area is 122 Å². The Morgan fingerprint density at radius 2 is 2.20 bits per heavy atom. The van der Waals surface area contributed by atoms with Crippen molar-refractivity contribution in [2.24, 2.45) is 0 Å². The van der Waals surface area contributed by atoms with Crippen molar-refractivity contribution in [2.45, 2.75) is 13.5 Å². The number of benzene rings is 1. The van der Waals surface area contributed by atoms with Gasteiger partial charge in [0.15, 0.2) is 6.54 Å². The summed E-state index contributed by atoms with van der Waals surface area (Å²) in [5.74, 6) is -0.440. The Kier molecular flexibility index (Phi) is 5.26. The molecule has 1 heterocycles. The number of carbonyl (C=O) groups is 1. The molecule has 0 radical (unpaired) electrons. The van der Waals surface area contributed by atoms with E-state index in [0.29, 0.717) is 12.2 Å². The lowest BCUT2D eigenvalue weighted by atomic mass is 10.3. The first-order valence-corrected chi connectivity index (χ1v) is 7.46. The number of hydrogen-bond acceptors (Lipinski definition) is 2. The average molecular weight is 293 g/mol. The second-order valence-corrected chi connectivity index (χ2v) is 5.63. The molecule has 20 heavy (non-hydrogen) atoms. The van der Waals surface area contributed by atoms with Gasteiger partial charge in [-0.3, -0.25) is 4.79 Å². The largest absolute Gasteiger partial charge is 0.323 e. The summed E-state index contributed by atoms with van der Waals surface area (Å²) >= 11 is 1.70. The van der Waals surface area contributed by atoms with Crippen LogP contribution in [0.5, 0.6) is 0 Å². The zero-order chi connectivity index (χ0) is 14.4. The number of amides is 1. The summed E-state index contributed by atoms with van der Waals surface area (Å²) < 4.78 is 13.0. The van der Waals surface area contributed by atoms with Crippen molar-refractivity contribution in [2.75, 3.05) is 18.4 Å². The Bertz CT molecular complexity index is 557. The van der Waals surface area contributed by atoms with E-state index in [1.165, 1.54) is 21.9 Å². The third-order valence-electron chi connectivity index (χ3n) is 3.02. The molecule has 2 N–H and O–H groups in total. The number of carbonyl (C=O) groups excluding carboxylic acids is 1. The van der Waals surface area contributed by atoms with Crippen LogP contribution in [-0.4, -0.2) is 19.0 Å². The van der Waals surface area contributed by atoms with E-state index in [4.69, 9.17) is 0 Å². The minimum atomic E-state index is -0.346. The Balaban J connectivity index is 1.89. The molecule has 0 saturated heterocycles. The van der Waals surface area contributed by atoms with Crippen LogP contribution in [0.15, 0.2) is 41.8 Å². The highest BCUT2D eigenvalue weighted by Crippen LogP contribution is 2.08. The summed E-state index contributed by atoms with van der Waals surface area (Å²) in [6.07, 6.45) is 0. The molecule has 0 aliphatic carbocycles. The second kappa shape index (κ2) is 7.17. The molecular weight excluding hydrogens is 275 g/mol. The minimum absolute atomic E-state index is 0.0935. The van der Waals surface area contributed by atoms with Gasteiger partial charge >= 0.3 is 0 Å². The van der Waals surface area contributed by atoms with Crippen molar-refractivity contribution in [3.8, 4) is 0 Å². The number of nitrogens with one attached hydrogen (secondary N) is 2. The third kappa shape index (κ3) is 4.43. The molecule has 1 atom stereocenters. The van der Waals surface area contributed by atoms with Crippen LogP contribution in [0.4, 0.5) is 10.1 Å². The summed E-state index contributed by atoms with van der Waals surface area (Å²) in [6, 6.07) is 10.0. The molecule has 5 heteroatoms. The highest BCUT2D eigenvalue weighted by molar-refractivity contribution is 7.09. The van der Waals surface area contributed by atoms with Crippen molar-refractivity contribution in [3.05, 3.63) is 52.5 Å². The average Bonchev–Trinajstić information content (AvgIpc) is 2.90. The summed E-state index contributed by atoms with van der Waals surface area (Å²) in [4.78, 5) is 14.4. The molecule has 106 valence electrons. The van der Waals surface area contributed by atoms with E-state index < -0.39 is 0 Å². The van der Waals surface area contributed by atoms with Gasteiger partial charge in [-0.25, -0.2) is 4.39 Å². The number of anilines is 1. The summed E-state index contributed by atoms with van der Waals surface area (Å²) in [7, 11) is 0. The standard InChI is InChI=1S/C15H17FN2OS/c1-2-18(10-14-7-4-8-20-14)11-15(19)17-13-6-3-5-12(16)9-13/h3-9H,2,10-11H2,1H3,(H,17,19)/p+1. The number of rotatable bonds is 6. The predicted molar refractivity (Wildman–Crippen MR) is 79.4 cm³/mol. The van der Waals surface area contributed by atoms with Gasteiger partial charge in [-0.2, -0.15) is 0 Å². The summed E-state index contributed by atoms with van der Waals surface area (Å²) in [5.41, 5.74) is 0.501. The summed E-state index contributed by atoms with van der Waals surface area (Å²) in [6.45, 7) is 4.14. The predicted octanol–water partition coefficient (Wildman–Crippen LogP) is 1.93. The van der Waals surface area contributed by atoms with Crippen LogP contribution in [0, 0.1) is 5.82 Å². The normalized spacial score (nSPS) is 12.1. The lowest BCUT2D eigenvalue weighted by Crippen LogP contribution is -3.11. The Hall–Kier alpha value is -1.72. The van der Waals surface area contributed by atoms with Gasteiger partial charge in [0.25, 0.3) is 5.91 Å². The van der Waals surface area contributed by atoms with Gasteiger partial charge in [0.05, 0.1) is 11.4 Å². The van der Waals surface area contributed by atoms with Crippen LogP contribution >= 0.6 is 11.3 Å². The van der Waals surface area contributed by atoms with Crippen molar-refractivity contribution < 1.29 is 14.1 Å². The maximum absolute atomic E-state index is 13.0. The molecule has 1 aromatic heterocycles. The van der Waals surface area contributed by atoms with E-state index in [1.807, 2.05) is 11.4 Å². The molecule has 0 spiro atoms.